The van der Waals surface area contributed by atoms with Crippen LogP contribution in [0.1, 0.15) is 6.92 Å². The Hall–Kier alpha value is -0.610. The average molecular weight is 162 g/mol. The van der Waals surface area contributed by atoms with Crippen LogP contribution in [0.25, 0.3) is 0 Å². The van der Waals surface area contributed by atoms with Crippen LogP contribution in [0.4, 0.5) is 0 Å². The van der Waals surface area contributed by atoms with E-state index in [0.29, 0.717) is 19.8 Å². The predicted octanol–water partition coefficient (Wildman–Crippen LogP) is 0.212. The molecule has 0 aliphatic carbocycles. The number of methoxy groups -OCH3 is 1. The van der Waals surface area contributed by atoms with E-state index in [1.807, 2.05) is 6.92 Å². The van der Waals surface area contributed by atoms with Gasteiger partial charge in [-0.05, 0) is 6.92 Å². The summed E-state index contributed by atoms with van der Waals surface area (Å²) in [5.74, 6) is -0.344. The average Bonchev–Trinajstić information content (AvgIpc) is 2.01. The molecule has 0 aromatic rings. The second-order valence-electron chi connectivity index (χ2n) is 1.85. The van der Waals surface area contributed by atoms with Crippen LogP contribution < -0.4 is 0 Å². The number of rotatable bonds is 6. The minimum atomic E-state index is -0.344. The van der Waals surface area contributed by atoms with Gasteiger partial charge in [-0.15, -0.1) is 0 Å². The molecule has 0 aromatic heterocycles. The maximum absolute atomic E-state index is 10.7. The van der Waals surface area contributed by atoms with Gasteiger partial charge in [0.15, 0.2) is 0 Å². The maximum atomic E-state index is 10.7. The maximum Gasteiger partial charge on any atom is 0.332 e. The molecule has 0 unspecified atom stereocenters. The monoisotopic (exact) mass is 162 g/mol. The molecule has 0 N–H and O–H groups in total. The first-order valence-electron chi connectivity index (χ1n) is 3.53. The van der Waals surface area contributed by atoms with Gasteiger partial charge in [0, 0.05) is 13.7 Å². The highest BCUT2D eigenvalue weighted by atomic mass is 16.6. The largest absolute Gasteiger partial charge is 0.462 e. The van der Waals surface area contributed by atoms with Gasteiger partial charge >= 0.3 is 5.97 Å². The molecule has 4 nitrogen and oxygen atoms in total. The Bertz CT molecular complexity index is 103. The molecule has 4 heteroatoms. The summed E-state index contributed by atoms with van der Waals surface area (Å²) in [6.07, 6.45) is 0. The zero-order valence-electron chi connectivity index (χ0n) is 6.96. The normalized spacial score (nSPS) is 9.64. The second-order valence-corrected chi connectivity index (χ2v) is 1.85. The Morgan fingerprint density at radius 3 is 2.64 bits per heavy atom. The SMILES string of the molecule is CCOCC(=O)OCCOC. The lowest BCUT2D eigenvalue weighted by Gasteiger charge is -2.02. The summed E-state index contributed by atoms with van der Waals surface area (Å²) in [6.45, 7) is 3.10. The van der Waals surface area contributed by atoms with Gasteiger partial charge in [0.2, 0.25) is 0 Å². The Labute approximate surface area is 66.4 Å². The molecule has 0 aliphatic rings. The van der Waals surface area contributed by atoms with E-state index in [4.69, 9.17) is 9.47 Å². The fraction of sp³-hybridized carbons (Fsp3) is 0.857. The smallest absolute Gasteiger partial charge is 0.332 e. The molecule has 11 heavy (non-hydrogen) atoms. The van der Waals surface area contributed by atoms with Crippen molar-refractivity contribution in [3.8, 4) is 0 Å². The molecule has 0 spiro atoms. The lowest BCUT2D eigenvalue weighted by Crippen LogP contribution is -2.15. The highest BCUT2D eigenvalue weighted by molar-refractivity contribution is 5.70. The minimum Gasteiger partial charge on any atom is -0.462 e. The van der Waals surface area contributed by atoms with Crippen molar-refractivity contribution < 1.29 is 19.0 Å². The first kappa shape index (κ1) is 10.4. The number of esters is 1. The number of carbonyl (C=O) groups excluding carboxylic acids is 1. The van der Waals surface area contributed by atoms with E-state index in [1.165, 1.54) is 0 Å². The molecular weight excluding hydrogens is 148 g/mol. The fourth-order valence-corrected chi connectivity index (χ4v) is 0.466. The predicted molar refractivity (Wildman–Crippen MR) is 39.3 cm³/mol. The van der Waals surface area contributed by atoms with E-state index in [2.05, 4.69) is 4.74 Å². The summed E-state index contributed by atoms with van der Waals surface area (Å²) in [7, 11) is 1.55. The van der Waals surface area contributed by atoms with Crippen molar-refractivity contribution in [2.45, 2.75) is 6.92 Å². The van der Waals surface area contributed by atoms with Crippen LogP contribution in [0.3, 0.4) is 0 Å². The third-order valence-corrected chi connectivity index (χ3v) is 0.975. The molecular formula is C7H14O4. The quantitative estimate of drug-likeness (QED) is 0.414. The van der Waals surface area contributed by atoms with Crippen LogP contribution in [0, 0.1) is 0 Å². The molecule has 66 valence electrons. The topological polar surface area (TPSA) is 44.8 Å². The van der Waals surface area contributed by atoms with Gasteiger partial charge in [-0.3, -0.25) is 0 Å². The standard InChI is InChI=1S/C7H14O4/c1-3-10-6-7(8)11-5-4-9-2/h3-6H2,1-2H3. The summed E-state index contributed by atoms with van der Waals surface area (Å²) in [4.78, 5) is 10.7. The van der Waals surface area contributed by atoms with Crippen LogP contribution in [0.2, 0.25) is 0 Å². The van der Waals surface area contributed by atoms with E-state index in [1.54, 1.807) is 7.11 Å². The van der Waals surface area contributed by atoms with Crippen LogP contribution >= 0.6 is 0 Å². The third kappa shape index (κ3) is 7.29. The van der Waals surface area contributed by atoms with Crippen LogP contribution in [-0.2, 0) is 19.0 Å². The zero-order chi connectivity index (χ0) is 8.53. The summed E-state index contributed by atoms with van der Waals surface area (Å²) in [5, 5.41) is 0. The van der Waals surface area contributed by atoms with Gasteiger partial charge in [0.1, 0.15) is 13.2 Å². The number of carbonyl (C=O) groups is 1. The van der Waals surface area contributed by atoms with Gasteiger partial charge in [-0.25, -0.2) is 4.79 Å². The Morgan fingerprint density at radius 1 is 1.36 bits per heavy atom. The van der Waals surface area contributed by atoms with Gasteiger partial charge in [-0.1, -0.05) is 0 Å². The molecule has 0 radical (unpaired) electrons. The Morgan fingerprint density at radius 2 is 2.09 bits per heavy atom. The summed E-state index contributed by atoms with van der Waals surface area (Å²) in [5.41, 5.74) is 0. The molecule has 0 atom stereocenters. The third-order valence-electron chi connectivity index (χ3n) is 0.975. The van der Waals surface area contributed by atoms with Gasteiger partial charge < -0.3 is 14.2 Å². The lowest BCUT2D eigenvalue weighted by atomic mass is 10.7. The second kappa shape index (κ2) is 7.50. The fourth-order valence-electron chi connectivity index (χ4n) is 0.466. The van der Waals surface area contributed by atoms with Crippen molar-refractivity contribution in [2.24, 2.45) is 0 Å². The number of hydrogen-bond donors (Lipinski definition) is 0. The lowest BCUT2D eigenvalue weighted by molar-refractivity contribution is -0.150. The summed E-state index contributed by atoms with van der Waals surface area (Å²) >= 11 is 0. The van der Waals surface area contributed by atoms with Crippen molar-refractivity contribution >= 4 is 5.97 Å². The molecule has 0 aromatic carbocycles. The zero-order valence-corrected chi connectivity index (χ0v) is 6.96. The van der Waals surface area contributed by atoms with Crippen molar-refractivity contribution in [1.29, 1.82) is 0 Å². The summed E-state index contributed by atoms with van der Waals surface area (Å²) < 4.78 is 14.2. The highest BCUT2D eigenvalue weighted by Crippen LogP contribution is 1.81. The first-order chi connectivity index (χ1) is 5.31. The molecule has 0 bridgehead atoms. The van der Waals surface area contributed by atoms with Crippen molar-refractivity contribution in [3.05, 3.63) is 0 Å². The van der Waals surface area contributed by atoms with E-state index >= 15 is 0 Å². The molecule has 0 heterocycles. The minimum absolute atomic E-state index is 0.0280. The van der Waals surface area contributed by atoms with Crippen LogP contribution in [0.5, 0.6) is 0 Å². The van der Waals surface area contributed by atoms with Gasteiger partial charge in [0.25, 0.3) is 0 Å². The number of hydrogen-bond acceptors (Lipinski definition) is 4. The van der Waals surface area contributed by atoms with Crippen LogP contribution in [-0.4, -0.2) is 39.5 Å². The van der Waals surface area contributed by atoms with Crippen LogP contribution in [0.15, 0.2) is 0 Å². The van der Waals surface area contributed by atoms with Crippen molar-refractivity contribution in [2.75, 3.05) is 33.5 Å². The van der Waals surface area contributed by atoms with E-state index in [9.17, 15) is 4.79 Å². The number of ether oxygens (including phenoxy) is 3. The first-order valence-corrected chi connectivity index (χ1v) is 3.53. The van der Waals surface area contributed by atoms with Crippen molar-refractivity contribution in [1.82, 2.24) is 0 Å². The Kier molecular flexibility index (Phi) is 7.08. The van der Waals surface area contributed by atoms with Gasteiger partial charge in [0.05, 0.1) is 6.61 Å². The molecule has 0 rings (SSSR count). The molecule has 0 amide bonds. The Balaban J connectivity index is 3.09. The highest BCUT2D eigenvalue weighted by Gasteiger charge is 2.00. The molecule has 0 fully saturated rings. The van der Waals surface area contributed by atoms with E-state index in [0.717, 1.165) is 0 Å². The van der Waals surface area contributed by atoms with E-state index < -0.39 is 0 Å². The van der Waals surface area contributed by atoms with Crippen molar-refractivity contribution in [3.63, 3.8) is 0 Å². The molecule has 0 saturated carbocycles. The molecule has 0 saturated heterocycles. The van der Waals surface area contributed by atoms with E-state index in [-0.39, 0.29) is 12.6 Å². The molecule has 0 aliphatic heterocycles. The summed E-state index contributed by atoms with van der Waals surface area (Å²) in [6, 6.07) is 0. The van der Waals surface area contributed by atoms with Gasteiger partial charge in [-0.2, -0.15) is 0 Å².